The van der Waals surface area contributed by atoms with E-state index in [-0.39, 0.29) is 5.41 Å². The van der Waals surface area contributed by atoms with Crippen molar-refractivity contribution in [1.29, 1.82) is 0 Å². The Balaban J connectivity index is 1.18. The minimum Gasteiger partial charge on any atom is -0.455 e. The maximum Gasteiger partial charge on any atom is 0.143 e. The summed E-state index contributed by atoms with van der Waals surface area (Å²) in [4.78, 5) is 2.39. The third-order valence-corrected chi connectivity index (χ3v) is 11.1. The molecule has 252 valence electrons. The fourth-order valence-electron chi connectivity index (χ4n) is 8.46. The summed E-state index contributed by atoms with van der Waals surface area (Å²) < 4.78 is 7.15. The lowest BCUT2D eigenvalue weighted by Gasteiger charge is -2.29. The van der Waals surface area contributed by atoms with E-state index in [1.54, 1.807) is 0 Å². The second-order valence-electron chi connectivity index (χ2n) is 14.5. The molecule has 53 heavy (non-hydrogen) atoms. The largest absolute Gasteiger partial charge is 0.455 e. The number of para-hydroxylation sites is 1. The molecular weight excluding hydrogens is 643 g/mol. The monoisotopic (exact) mass is 679 g/mol. The van der Waals surface area contributed by atoms with E-state index in [1.807, 2.05) is 0 Å². The maximum atomic E-state index is 7.15. The van der Waals surface area contributed by atoms with Crippen LogP contribution < -0.4 is 9.64 Å². The number of rotatable bonds is 5. The summed E-state index contributed by atoms with van der Waals surface area (Å²) in [5.74, 6) is 1.70. The second-order valence-corrected chi connectivity index (χ2v) is 14.5. The fraction of sp³-hybridized carbons (Fsp3) is 0.0588. The summed E-state index contributed by atoms with van der Waals surface area (Å²) >= 11 is 0. The number of hydrogen-bond donors (Lipinski definition) is 0. The Morgan fingerprint density at radius 1 is 0.358 bits per heavy atom. The highest BCUT2D eigenvalue weighted by atomic mass is 16.5. The van der Waals surface area contributed by atoms with Crippen molar-refractivity contribution in [3.05, 3.63) is 199 Å². The molecule has 0 spiro atoms. The molecule has 0 fully saturated rings. The van der Waals surface area contributed by atoms with Crippen LogP contribution in [0.4, 0.5) is 17.1 Å². The van der Waals surface area contributed by atoms with Crippen molar-refractivity contribution in [3.63, 3.8) is 0 Å². The predicted molar refractivity (Wildman–Crippen MR) is 221 cm³/mol. The van der Waals surface area contributed by atoms with Gasteiger partial charge in [0.1, 0.15) is 11.5 Å². The molecule has 8 aromatic rings. The van der Waals surface area contributed by atoms with Crippen molar-refractivity contribution in [2.75, 3.05) is 4.90 Å². The molecule has 1 aliphatic heterocycles. The van der Waals surface area contributed by atoms with E-state index >= 15 is 0 Å². The Kier molecular flexibility index (Phi) is 7.19. The van der Waals surface area contributed by atoms with Crippen LogP contribution in [-0.4, -0.2) is 0 Å². The minimum absolute atomic E-state index is 0.127. The van der Waals surface area contributed by atoms with Gasteiger partial charge in [-0.15, -0.1) is 0 Å². The molecule has 1 heterocycles. The van der Waals surface area contributed by atoms with Crippen molar-refractivity contribution in [2.45, 2.75) is 19.3 Å². The highest BCUT2D eigenvalue weighted by molar-refractivity contribution is 5.95. The van der Waals surface area contributed by atoms with Gasteiger partial charge in [-0.1, -0.05) is 159 Å². The van der Waals surface area contributed by atoms with Crippen LogP contribution in [0.25, 0.3) is 55.6 Å². The average molecular weight is 680 g/mol. The molecule has 0 N–H and O–H groups in total. The summed E-state index contributed by atoms with van der Waals surface area (Å²) in [7, 11) is 0. The first-order valence-corrected chi connectivity index (χ1v) is 18.3. The van der Waals surface area contributed by atoms with Crippen LogP contribution in [0.15, 0.2) is 188 Å². The summed E-state index contributed by atoms with van der Waals surface area (Å²) in [6.45, 7) is 4.69. The van der Waals surface area contributed by atoms with Gasteiger partial charge in [0.15, 0.2) is 0 Å². The average Bonchev–Trinajstić information content (AvgIpc) is 3.34. The van der Waals surface area contributed by atoms with Crippen molar-refractivity contribution in [2.24, 2.45) is 0 Å². The zero-order valence-corrected chi connectivity index (χ0v) is 29.8. The Morgan fingerprint density at radius 3 is 1.66 bits per heavy atom. The summed E-state index contributed by atoms with van der Waals surface area (Å²) in [6, 6.07) is 67.7. The predicted octanol–water partition coefficient (Wildman–Crippen LogP) is 14.2. The first kappa shape index (κ1) is 31.1. The van der Waals surface area contributed by atoms with Crippen LogP contribution in [0.2, 0.25) is 0 Å². The molecule has 10 rings (SSSR count). The van der Waals surface area contributed by atoms with Gasteiger partial charge in [0.05, 0.1) is 0 Å². The molecule has 8 aromatic carbocycles. The van der Waals surface area contributed by atoms with Crippen LogP contribution in [-0.2, 0) is 5.41 Å². The van der Waals surface area contributed by atoms with Gasteiger partial charge in [-0.3, -0.25) is 0 Å². The molecule has 0 saturated carbocycles. The molecule has 0 bridgehead atoms. The molecule has 1 aliphatic carbocycles. The quantitative estimate of drug-likeness (QED) is 0.180. The molecule has 2 nitrogen and oxygen atoms in total. The van der Waals surface area contributed by atoms with Gasteiger partial charge in [0, 0.05) is 45.2 Å². The van der Waals surface area contributed by atoms with Crippen LogP contribution >= 0.6 is 0 Å². The van der Waals surface area contributed by atoms with Gasteiger partial charge in [-0.25, -0.2) is 0 Å². The van der Waals surface area contributed by atoms with Gasteiger partial charge >= 0.3 is 0 Å². The van der Waals surface area contributed by atoms with E-state index in [4.69, 9.17) is 4.74 Å². The molecular formula is C51H37NO. The highest BCUT2D eigenvalue weighted by Gasteiger charge is 2.36. The maximum absolute atomic E-state index is 7.15. The van der Waals surface area contributed by atoms with Crippen LogP contribution in [0.5, 0.6) is 11.5 Å². The first-order chi connectivity index (χ1) is 26.0. The number of nitrogens with zero attached hydrogens (tertiary/aromatic N) is 1. The minimum atomic E-state index is -0.127. The number of benzene rings is 8. The van der Waals surface area contributed by atoms with Crippen molar-refractivity contribution >= 4 is 17.1 Å². The van der Waals surface area contributed by atoms with Crippen molar-refractivity contribution in [3.8, 4) is 67.1 Å². The van der Waals surface area contributed by atoms with Crippen molar-refractivity contribution in [1.82, 2.24) is 0 Å². The fourth-order valence-corrected chi connectivity index (χ4v) is 8.46. The summed E-state index contributed by atoms with van der Waals surface area (Å²) in [5.41, 5.74) is 17.5. The number of anilines is 3. The van der Waals surface area contributed by atoms with Crippen LogP contribution in [0, 0.1) is 0 Å². The van der Waals surface area contributed by atoms with E-state index in [0.717, 1.165) is 56.4 Å². The Hall–Kier alpha value is -6.64. The lowest BCUT2D eigenvalue weighted by atomic mass is 9.82. The Bertz CT molecular complexity index is 2670. The van der Waals surface area contributed by atoms with E-state index in [0.29, 0.717) is 0 Å². The van der Waals surface area contributed by atoms with Gasteiger partial charge < -0.3 is 9.64 Å². The van der Waals surface area contributed by atoms with E-state index in [2.05, 4.69) is 207 Å². The molecule has 2 heteroatoms. The molecule has 0 atom stereocenters. The lowest BCUT2D eigenvalue weighted by molar-refractivity contribution is 0.489. The SMILES string of the molecule is CC1(C)c2ccccc2-c2ccc(N(c3cccc(-c4ccccc4)c3)c3ccc4c(c3)Oc3c(-c5ccccc5)cccc3-c3ccccc3-4)cc21. The lowest BCUT2D eigenvalue weighted by Crippen LogP contribution is -2.16. The van der Waals surface area contributed by atoms with Gasteiger partial charge in [-0.05, 0) is 86.5 Å². The third-order valence-electron chi connectivity index (χ3n) is 11.1. The van der Waals surface area contributed by atoms with Crippen molar-refractivity contribution < 1.29 is 4.74 Å². The molecule has 0 unspecified atom stereocenters. The molecule has 0 amide bonds. The number of fused-ring (bicyclic) bond motifs is 8. The van der Waals surface area contributed by atoms with Crippen LogP contribution in [0.3, 0.4) is 0 Å². The number of hydrogen-bond acceptors (Lipinski definition) is 2. The highest BCUT2D eigenvalue weighted by Crippen LogP contribution is 2.53. The van der Waals surface area contributed by atoms with E-state index in [1.165, 1.54) is 38.9 Å². The zero-order chi connectivity index (χ0) is 35.5. The smallest absolute Gasteiger partial charge is 0.143 e. The van der Waals surface area contributed by atoms with Gasteiger partial charge in [-0.2, -0.15) is 0 Å². The van der Waals surface area contributed by atoms with E-state index in [9.17, 15) is 0 Å². The molecule has 0 saturated heterocycles. The van der Waals surface area contributed by atoms with Gasteiger partial charge in [0.2, 0.25) is 0 Å². The van der Waals surface area contributed by atoms with Gasteiger partial charge in [0.25, 0.3) is 0 Å². The summed E-state index contributed by atoms with van der Waals surface area (Å²) in [6.07, 6.45) is 0. The first-order valence-electron chi connectivity index (χ1n) is 18.3. The topological polar surface area (TPSA) is 12.5 Å². The Labute approximate surface area is 311 Å². The second kappa shape index (κ2) is 12.3. The van der Waals surface area contributed by atoms with E-state index < -0.39 is 0 Å². The molecule has 0 aromatic heterocycles. The standard InChI is InChI=1S/C51H37NO/c1-51(2)47-26-12-11-23-43(47)44-29-27-38(32-48(44)51)52(37-20-13-19-36(31-37)34-15-5-3-6-16-34)39-28-30-45-41-21-9-10-22-42(41)46-25-14-24-40(35-17-7-4-8-18-35)50(46)53-49(45)33-39/h3-33H,1-2H3. The summed E-state index contributed by atoms with van der Waals surface area (Å²) in [5, 5.41) is 0. The molecule has 0 radical (unpaired) electrons. The Morgan fingerprint density at radius 2 is 0.887 bits per heavy atom. The number of ether oxygens (including phenoxy) is 1. The third kappa shape index (κ3) is 5.10. The molecule has 2 aliphatic rings. The normalized spacial score (nSPS) is 13.0. The zero-order valence-electron chi connectivity index (χ0n) is 29.8. The van der Waals surface area contributed by atoms with Crippen LogP contribution in [0.1, 0.15) is 25.0 Å².